The Morgan fingerprint density at radius 1 is 1.35 bits per heavy atom. The molecule has 2 atom stereocenters. The van der Waals surface area contributed by atoms with Crippen molar-refractivity contribution in [2.75, 3.05) is 6.54 Å². The smallest absolute Gasteiger partial charge is 0.345 e. The van der Waals surface area contributed by atoms with Crippen LogP contribution in [0.25, 0.3) is 0 Å². The molecule has 0 aliphatic carbocycles. The van der Waals surface area contributed by atoms with Gasteiger partial charge in [-0.25, -0.2) is 0 Å². The largest absolute Gasteiger partial charge is 0.415 e. The standard InChI is InChI=1S/C13H18F3N3O/c1-8-4-5-10-9(2)19(7-6-18(8)10)11(20)12(3,17)13(14,15)16/h4-5,9H,6-7,17H2,1-3H3. The highest BCUT2D eigenvalue weighted by atomic mass is 19.4. The number of aryl methyl sites for hydroxylation is 1. The summed E-state index contributed by atoms with van der Waals surface area (Å²) in [6, 6.07) is 3.31. The van der Waals surface area contributed by atoms with Gasteiger partial charge in [0, 0.05) is 24.5 Å². The SMILES string of the molecule is Cc1ccc2n1CCN(C(=O)C(C)(N)C(F)(F)F)C2C. The molecule has 1 aromatic rings. The van der Waals surface area contributed by atoms with Crippen LogP contribution in [-0.4, -0.2) is 33.6 Å². The van der Waals surface area contributed by atoms with Gasteiger partial charge in [0.1, 0.15) is 0 Å². The van der Waals surface area contributed by atoms with E-state index in [-0.39, 0.29) is 6.54 Å². The Labute approximate surface area is 115 Å². The predicted octanol–water partition coefficient (Wildman–Crippen LogP) is 1.98. The molecular formula is C13H18F3N3O. The van der Waals surface area contributed by atoms with Gasteiger partial charge in [0.05, 0.1) is 6.04 Å². The summed E-state index contributed by atoms with van der Waals surface area (Å²) >= 11 is 0. The molecule has 0 saturated heterocycles. The molecular weight excluding hydrogens is 271 g/mol. The van der Waals surface area contributed by atoms with E-state index in [1.165, 1.54) is 4.90 Å². The van der Waals surface area contributed by atoms with Gasteiger partial charge in [0.2, 0.25) is 0 Å². The number of rotatable bonds is 1. The van der Waals surface area contributed by atoms with Crippen LogP contribution in [0.3, 0.4) is 0 Å². The number of alkyl halides is 3. The molecule has 7 heteroatoms. The second kappa shape index (κ2) is 4.51. The third kappa shape index (κ3) is 2.09. The van der Waals surface area contributed by atoms with E-state index in [0.717, 1.165) is 18.3 Å². The molecule has 2 N–H and O–H groups in total. The molecule has 0 saturated carbocycles. The van der Waals surface area contributed by atoms with Crippen molar-refractivity contribution in [1.29, 1.82) is 0 Å². The summed E-state index contributed by atoms with van der Waals surface area (Å²) in [5.74, 6) is -1.08. The Hall–Kier alpha value is -1.50. The first-order chi connectivity index (χ1) is 9.07. The zero-order valence-electron chi connectivity index (χ0n) is 11.7. The second-order valence-electron chi connectivity index (χ2n) is 5.43. The fourth-order valence-electron chi connectivity index (χ4n) is 2.52. The maximum absolute atomic E-state index is 12.9. The number of hydrogen-bond donors (Lipinski definition) is 1. The quantitative estimate of drug-likeness (QED) is 0.859. The Balaban J connectivity index is 2.30. The van der Waals surface area contributed by atoms with E-state index in [1.807, 2.05) is 23.6 Å². The van der Waals surface area contributed by atoms with Gasteiger partial charge in [-0.15, -0.1) is 0 Å². The summed E-state index contributed by atoms with van der Waals surface area (Å²) in [5.41, 5.74) is 4.24. The van der Waals surface area contributed by atoms with Crippen LogP contribution in [0.15, 0.2) is 12.1 Å². The normalized spacial score (nSPS) is 22.4. The number of carbonyl (C=O) groups is 1. The van der Waals surface area contributed by atoms with Crippen LogP contribution in [0.5, 0.6) is 0 Å². The van der Waals surface area contributed by atoms with Crippen molar-refractivity contribution in [3.8, 4) is 0 Å². The van der Waals surface area contributed by atoms with E-state index in [4.69, 9.17) is 5.73 Å². The van der Waals surface area contributed by atoms with E-state index in [1.54, 1.807) is 6.92 Å². The Kier molecular flexibility index (Phi) is 3.36. The van der Waals surface area contributed by atoms with Crippen molar-refractivity contribution in [2.24, 2.45) is 5.73 Å². The van der Waals surface area contributed by atoms with Crippen LogP contribution in [0.2, 0.25) is 0 Å². The lowest BCUT2D eigenvalue weighted by Crippen LogP contribution is -2.63. The molecule has 2 rings (SSSR count). The second-order valence-corrected chi connectivity index (χ2v) is 5.43. The van der Waals surface area contributed by atoms with E-state index in [2.05, 4.69) is 0 Å². The zero-order chi connectivity index (χ0) is 15.3. The highest BCUT2D eigenvalue weighted by Gasteiger charge is 2.56. The molecule has 20 heavy (non-hydrogen) atoms. The average Bonchev–Trinajstić information content (AvgIpc) is 2.70. The molecule has 1 aromatic heterocycles. The Morgan fingerprint density at radius 3 is 2.50 bits per heavy atom. The van der Waals surface area contributed by atoms with Crippen molar-refractivity contribution < 1.29 is 18.0 Å². The monoisotopic (exact) mass is 289 g/mol. The number of fused-ring (bicyclic) bond motifs is 1. The van der Waals surface area contributed by atoms with Crippen LogP contribution in [0.1, 0.15) is 31.3 Å². The predicted molar refractivity (Wildman–Crippen MR) is 67.9 cm³/mol. The van der Waals surface area contributed by atoms with E-state index >= 15 is 0 Å². The summed E-state index contributed by atoms with van der Waals surface area (Å²) in [6.07, 6.45) is -4.76. The lowest BCUT2D eigenvalue weighted by molar-refractivity contribution is -0.195. The van der Waals surface area contributed by atoms with Gasteiger partial charge in [0.15, 0.2) is 5.54 Å². The summed E-state index contributed by atoms with van der Waals surface area (Å²) in [7, 11) is 0. The maximum Gasteiger partial charge on any atom is 0.415 e. The number of aromatic nitrogens is 1. The number of carbonyl (C=O) groups excluding carboxylic acids is 1. The molecule has 1 aliphatic rings. The van der Waals surface area contributed by atoms with Crippen molar-refractivity contribution in [2.45, 2.75) is 45.1 Å². The van der Waals surface area contributed by atoms with Crippen LogP contribution in [-0.2, 0) is 11.3 Å². The lowest BCUT2D eigenvalue weighted by Gasteiger charge is -2.40. The summed E-state index contributed by atoms with van der Waals surface area (Å²) in [4.78, 5) is 13.4. The number of halogens is 3. The van der Waals surface area contributed by atoms with Crippen LogP contribution in [0.4, 0.5) is 13.2 Å². The van der Waals surface area contributed by atoms with Gasteiger partial charge in [0.25, 0.3) is 5.91 Å². The first kappa shape index (κ1) is 14.9. The third-order valence-corrected chi connectivity index (χ3v) is 3.99. The number of nitrogens with two attached hydrogens (primary N) is 1. The van der Waals surface area contributed by atoms with E-state index < -0.39 is 23.7 Å². The van der Waals surface area contributed by atoms with Gasteiger partial charge < -0.3 is 15.2 Å². The molecule has 2 unspecified atom stereocenters. The molecule has 0 bridgehead atoms. The van der Waals surface area contributed by atoms with Crippen LogP contribution < -0.4 is 5.73 Å². The Bertz CT molecular complexity index is 533. The van der Waals surface area contributed by atoms with Gasteiger partial charge in [-0.3, -0.25) is 4.79 Å². The maximum atomic E-state index is 12.9. The summed E-state index contributed by atoms with van der Waals surface area (Å²) in [5, 5.41) is 0. The number of hydrogen-bond acceptors (Lipinski definition) is 2. The highest BCUT2D eigenvalue weighted by Crippen LogP contribution is 2.34. The van der Waals surface area contributed by atoms with Crippen molar-refractivity contribution in [3.05, 3.63) is 23.5 Å². The minimum absolute atomic E-state index is 0.228. The van der Waals surface area contributed by atoms with Crippen LogP contribution >= 0.6 is 0 Å². The van der Waals surface area contributed by atoms with Crippen molar-refractivity contribution in [1.82, 2.24) is 9.47 Å². The fourth-order valence-corrected chi connectivity index (χ4v) is 2.52. The molecule has 112 valence electrons. The molecule has 0 radical (unpaired) electrons. The highest BCUT2D eigenvalue weighted by molar-refractivity contribution is 5.87. The third-order valence-electron chi connectivity index (χ3n) is 3.99. The minimum Gasteiger partial charge on any atom is -0.345 e. The molecule has 2 heterocycles. The van der Waals surface area contributed by atoms with Gasteiger partial charge >= 0.3 is 6.18 Å². The fraction of sp³-hybridized carbons (Fsp3) is 0.615. The van der Waals surface area contributed by atoms with Crippen molar-refractivity contribution >= 4 is 5.91 Å². The van der Waals surface area contributed by atoms with Gasteiger partial charge in [-0.2, -0.15) is 13.2 Å². The molecule has 1 amide bonds. The molecule has 0 spiro atoms. The van der Waals surface area contributed by atoms with E-state index in [9.17, 15) is 18.0 Å². The Morgan fingerprint density at radius 2 is 1.95 bits per heavy atom. The topological polar surface area (TPSA) is 51.3 Å². The van der Waals surface area contributed by atoms with Gasteiger partial charge in [-0.05, 0) is 32.9 Å². The number of amides is 1. The summed E-state index contributed by atoms with van der Waals surface area (Å²) < 4.78 is 40.7. The van der Waals surface area contributed by atoms with Crippen LogP contribution in [0, 0.1) is 6.92 Å². The number of nitrogens with zero attached hydrogens (tertiary/aromatic N) is 2. The lowest BCUT2D eigenvalue weighted by atomic mass is 9.99. The molecule has 4 nitrogen and oxygen atoms in total. The first-order valence-electron chi connectivity index (χ1n) is 6.40. The summed E-state index contributed by atoms with van der Waals surface area (Å²) in [6.45, 7) is 5.08. The van der Waals surface area contributed by atoms with E-state index in [0.29, 0.717) is 6.54 Å². The minimum atomic E-state index is -4.76. The molecule has 1 aliphatic heterocycles. The van der Waals surface area contributed by atoms with Crippen molar-refractivity contribution in [3.63, 3.8) is 0 Å². The molecule has 0 aromatic carbocycles. The van der Waals surface area contributed by atoms with Gasteiger partial charge in [-0.1, -0.05) is 0 Å². The molecule has 0 fully saturated rings. The average molecular weight is 289 g/mol. The first-order valence-corrected chi connectivity index (χ1v) is 6.40. The zero-order valence-corrected chi connectivity index (χ0v) is 11.7.